The van der Waals surface area contributed by atoms with Gasteiger partial charge in [0.15, 0.2) is 5.15 Å². The average molecular weight is 2250 g/mol. The number of methoxy groups -OCH3 is 2. The molecule has 9 aromatic carbocycles. The predicted octanol–water partition coefficient (Wildman–Crippen LogP) is 15.3. The summed E-state index contributed by atoms with van der Waals surface area (Å²) in [7, 11) is -12.9. The summed E-state index contributed by atoms with van der Waals surface area (Å²) in [5.74, 6) is 2.03. The van der Waals surface area contributed by atoms with Gasteiger partial charge in [-0.25, -0.2) is 57.4 Å². The fourth-order valence-electron chi connectivity index (χ4n) is 12.1. The number of amides is 2. The van der Waals surface area contributed by atoms with Crippen LogP contribution in [0.2, 0.25) is 5.15 Å². The van der Waals surface area contributed by atoms with Gasteiger partial charge in [-0.3, -0.25) is 9.59 Å². The molecule has 0 aliphatic carbocycles. The summed E-state index contributed by atoms with van der Waals surface area (Å²) in [6, 6.07) is 56.5. The van der Waals surface area contributed by atoms with Gasteiger partial charge in [-0.15, -0.1) is 0 Å². The van der Waals surface area contributed by atoms with Gasteiger partial charge in [0.2, 0.25) is 40.1 Å². The van der Waals surface area contributed by atoms with Crippen molar-refractivity contribution in [3.63, 3.8) is 0 Å². The second-order valence-corrected chi connectivity index (χ2v) is 46.5. The number of hydrogen-bond donors (Lipinski definition) is 15. The van der Waals surface area contributed by atoms with Crippen LogP contribution in [0.25, 0.3) is 51.5 Å². The number of anilines is 3. The van der Waals surface area contributed by atoms with Crippen LogP contribution in [0.4, 0.5) is 17.5 Å². The Kier molecular flexibility index (Phi) is 43.8. The maximum Gasteiger partial charge on any atom is 0.488 e. The standard InChI is InChI=1S/C28H32N4O4S2.C21H25IN4O3S2.C14H22N4O2S2.C11H13ClN2O2S2.C7H9BO3.C7H5IO2.C3H10N2/c1-28(2,3)32-38(34,35)24-8-5-7-23-25(24)26(31-37-23)29-17-6-18-30-27(33)21-11-9-19(10-12-21)20-13-15-22(36-4)16-14-20;1-21(2,3)26-31(28,29)17-7-4-6-16-18(17)19(25-30-16)23-12-5-13-24-20(27)14-8-10-15(22)11-9-14;1-14(2,3)18-22(19,20)11-7-4-6-10-12(11)13(17-21-10)16-9-5-8-15;1-11(2,3)14-18(15,16)8-6-4-5-7-9(8)10(12)13-17-7;1-11-7-4-2-6(3-5-7)8(9)10;8-6-3-1-5(2-4-6)7(9)10;4-2-1-3-5/h5,7-16,32H,6,17-18H2,1-4H3,(H,29,31)(H,30,33);4,6-11,26H,5,12-13H2,1-3H3,(H,23,25)(H,24,27);4,6-7,18H,5,8-9,15H2,1-3H3,(H,16,17);4-6,14H,1-3H3;2-5,9-10H,1H3;1-4H,(H,9,10);1-5H2. The molecule has 4 aromatic heterocycles. The van der Waals surface area contributed by atoms with Crippen LogP contribution in [-0.4, -0.2) is 180 Å². The van der Waals surface area contributed by atoms with E-state index in [9.17, 15) is 48.1 Å². The van der Waals surface area contributed by atoms with E-state index in [1.54, 1.807) is 186 Å². The van der Waals surface area contributed by atoms with Gasteiger partial charge in [0.05, 0.1) is 79.7 Å². The molecule has 18 N–H and O–H groups in total. The van der Waals surface area contributed by atoms with Gasteiger partial charge in [-0.2, -0.15) is 17.5 Å². The molecular weight excluding hydrogens is 2130 g/mol. The Hall–Kier alpha value is -8.80. The molecule has 0 saturated carbocycles. The first-order valence-electron chi connectivity index (χ1n) is 42.2. The van der Waals surface area contributed by atoms with Crippen LogP contribution in [-0.2, 0) is 40.1 Å². The number of fused-ring (bicyclic) bond motifs is 4. The number of aromatic nitrogens is 4. The zero-order chi connectivity index (χ0) is 99.9. The molecular formula is C91H116BClI2N16O16S8. The molecule has 13 aromatic rings. The van der Waals surface area contributed by atoms with Crippen LogP contribution >= 0.6 is 103 Å². The highest BCUT2D eigenvalue weighted by molar-refractivity contribution is 14.1. The van der Waals surface area contributed by atoms with Crippen molar-refractivity contribution in [3.05, 3.63) is 223 Å². The maximum atomic E-state index is 13.0. The van der Waals surface area contributed by atoms with Crippen LogP contribution in [0, 0.1) is 7.14 Å². The minimum Gasteiger partial charge on any atom is -0.497 e. The lowest BCUT2D eigenvalue weighted by molar-refractivity contribution is 0.0696. The molecule has 0 bridgehead atoms. The highest BCUT2D eigenvalue weighted by Crippen LogP contribution is 2.38. The Bertz CT molecular complexity index is 6520. The molecule has 0 aliphatic heterocycles. The van der Waals surface area contributed by atoms with Crippen molar-refractivity contribution in [1.29, 1.82) is 0 Å². The summed E-state index contributed by atoms with van der Waals surface area (Å²) in [5, 5.41) is 43.9. The number of carbonyl (C=O) groups is 3. The van der Waals surface area contributed by atoms with Gasteiger partial charge < -0.3 is 68.4 Å². The smallest absolute Gasteiger partial charge is 0.488 e. The first kappa shape index (κ1) is 113. The lowest BCUT2D eigenvalue weighted by atomic mass is 9.80. The topological polar surface area (TPSA) is 505 Å². The highest BCUT2D eigenvalue weighted by Gasteiger charge is 2.31. The maximum absolute atomic E-state index is 13.0. The number of ether oxygens (including phenoxy) is 2. The third kappa shape index (κ3) is 36.5. The number of halogens is 3. The number of nitrogens with one attached hydrogen (secondary N) is 9. The first-order chi connectivity index (χ1) is 63.4. The molecule has 0 aliphatic rings. The van der Waals surface area contributed by atoms with Gasteiger partial charge in [0, 0.05) is 73.1 Å². The van der Waals surface area contributed by atoms with E-state index in [-0.39, 0.29) is 36.5 Å². The van der Waals surface area contributed by atoms with Gasteiger partial charge in [-0.05, 0) is 370 Å². The van der Waals surface area contributed by atoms with Crippen molar-refractivity contribution < 1.29 is 72.7 Å². The molecule has 0 radical (unpaired) electrons. The Morgan fingerprint density at radius 1 is 0.385 bits per heavy atom. The predicted molar refractivity (Wildman–Crippen MR) is 566 cm³/mol. The number of rotatable bonds is 31. The Labute approximate surface area is 839 Å². The van der Waals surface area contributed by atoms with Crippen molar-refractivity contribution in [1.82, 2.24) is 47.0 Å². The third-order valence-corrected chi connectivity index (χ3v) is 30.1. The van der Waals surface area contributed by atoms with Crippen molar-refractivity contribution in [2.45, 2.75) is 151 Å². The first-order valence-corrected chi connectivity index (χ1v) is 53.7. The van der Waals surface area contributed by atoms with E-state index < -0.39 is 75.3 Å². The monoisotopic (exact) mass is 2240 g/mol. The van der Waals surface area contributed by atoms with E-state index in [0.717, 1.165) is 68.7 Å². The van der Waals surface area contributed by atoms with E-state index in [1.807, 2.05) is 99.6 Å². The number of sulfonamides is 4. The summed E-state index contributed by atoms with van der Waals surface area (Å²) in [5.41, 5.74) is 17.4. The fraction of sp³-hybridized carbons (Fsp3) is 0.330. The normalized spacial score (nSPS) is 11.7. The fourth-order valence-corrected chi connectivity index (χ4v) is 23.1. The summed E-state index contributed by atoms with van der Waals surface area (Å²) < 4.78 is 145. The van der Waals surface area contributed by atoms with Gasteiger partial charge in [0.1, 0.15) is 29.0 Å². The minimum atomic E-state index is -3.72. The molecule has 13 rings (SSSR count). The number of carbonyl (C=O) groups excluding carboxylic acids is 2. The molecule has 0 fully saturated rings. The zero-order valence-corrected chi connectivity index (χ0v) is 88.7. The van der Waals surface area contributed by atoms with E-state index in [1.165, 1.54) is 52.2 Å². The summed E-state index contributed by atoms with van der Waals surface area (Å²) >= 11 is 15.3. The Morgan fingerprint density at radius 3 is 0.963 bits per heavy atom. The summed E-state index contributed by atoms with van der Waals surface area (Å²) in [4.78, 5) is 35.9. The number of hydrogen-bond acceptors (Lipinski definition) is 29. The van der Waals surface area contributed by atoms with Crippen LogP contribution < -0.4 is 77.6 Å². The number of nitrogens with zero attached hydrogens (tertiary/aromatic N) is 4. The molecule has 0 atom stereocenters. The van der Waals surface area contributed by atoms with Crippen molar-refractivity contribution in [2.75, 3.05) is 82.5 Å². The number of carboxylic acids is 1. The van der Waals surface area contributed by atoms with E-state index in [0.29, 0.717) is 119 Å². The number of nitrogens with two attached hydrogens (primary N) is 3. The minimum absolute atomic E-state index is 0.114. The molecule has 32 nitrogen and oxygen atoms in total. The number of aromatic carboxylic acids is 1. The van der Waals surface area contributed by atoms with Gasteiger partial charge in [-0.1, -0.05) is 72.3 Å². The summed E-state index contributed by atoms with van der Waals surface area (Å²) in [6.07, 6.45) is 3.06. The van der Waals surface area contributed by atoms with E-state index in [2.05, 4.69) is 108 Å². The van der Waals surface area contributed by atoms with Crippen LogP contribution in [0.1, 0.15) is 140 Å². The molecule has 135 heavy (non-hydrogen) atoms. The highest BCUT2D eigenvalue weighted by atomic mass is 127. The zero-order valence-electron chi connectivity index (χ0n) is 77.1. The van der Waals surface area contributed by atoms with Gasteiger partial charge >= 0.3 is 13.1 Å². The molecule has 728 valence electrons. The average Bonchev–Trinajstić information content (AvgIpc) is 1.68. The third-order valence-electron chi connectivity index (χ3n) is 17.8. The van der Waals surface area contributed by atoms with Crippen LogP contribution in [0.5, 0.6) is 11.5 Å². The second-order valence-electron chi connectivity index (χ2n) is 33.9. The molecule has 4 heterocycles. The van der Waals surface area contributed by atoms with Crippen molar-refractivity contribution in [3.8, 4) is 22.6 Å². The summed E-state index contributed by atoms with van der Waals surface area (Å²) in [6.45, 7) is 26.4. The van der Waals surface area contributed by atoms with Crippen molar-refractivity contribution in [2.24, 2.45) is 17.2 Å². The lowest BCUT2D eigenvalue weighted by Gasteiger charge is -2.21. The number of carboxylic acid groups (broad SMARTS) is 1. The molecule has 0 unspecified atom stereocenters. The Morgan fingerprint density at radius 2 is 0.667 bits per heavy atom. The van der Waals surface area contributed by atoms with Gasteiger partial charge in [0.25, 0.3) is 11.8 Å². The Balaban J connectivity index is 0.000000230. The molecule has 2 amide bonds. The molecule has 0 spiro atoms. The molecule has 0 saturated heterocycles. The van der Waals surface area contributed by atoms with Crippen molar-refractivity contribution >= 4 is 231 Å². The molecule has 44 heteroatoms. The van der Waals surface area contributed by atoms with E-state index >= 15 is 0 Å². The van der Waals surface area contributed by atoms with Crippen LogP contribution in [0.3, 0.4) is 0 Å². The quantitative estimate of drug-likeness (QED) is 0.0109. The second kappa shape index (κ2) is 52.3. The van der Waals surface area contributed by atoms with E-state index in [4.69, 9.17) is 53.4 Å². The SMILES string of the molecule is CC(C)(C)NS(=O)(=O)c1cccc2snc(Cl)c12.CC(C)(C)NS(=O)(=O)c1cccc2snc(NCCCN)c12.CC(C)(C)NS(=O)(=O)c1cccc2snc(NCCCNC(=O)c3ccc(I)cc3)c12.COc1ccc(-c2ccc(C(=O)NCCCNc3nsc4cccc(S(=O)(=O)NC(C)(C)C)c34)cc2)cc1.COc1ccc(B(O)O)cc1.NCCCN.O=C(O)c1ccc(I)cc1. The largest absolute Gasteiger partial charge is 0.497 e. The number of benzene rings is 9. The van der Waals surface area contributed by atoms with Crippen LogP contribution in [0.15, 0.2) is 214 Å². The lowest BCUT2D eigenvalue weighted by Crippen LogP contribution is -2.40.